The predicted octanol–water partition coefficient (Wildman–Crippen LogP) is 1.04. The molecule has 0 saturated heterocycles. The van der Waals surface area contributed by atoms with E-state index in [2.05, 4.69) is 0 Å². The van der Waals surface area contributed by atoms with Crippen LogP contribution in [0.3, 0.4) is 0 Å². The lowest BCUT2D eigenvalue weighted by molar-refractivity contribution is -0.142. The first-order valence-electron chi connectivity index (χ1n) is 5.92. The van der Waals surface area contributed by atoms with E-state index in [1.165, 1.54) is 6.26 Å². The van der Waals surface area contributed by atoms with Gasteiger partial charge in [-0.15, -0.1) is 0 Å². The molecule has 19 heavy (non-hydrogen) atoms. The van der Waals surface area contributed by atoms with Crippen LogP contribution in [-0.4, -0.2) is 44.7 Å². The van der Waals surface area contributed by atoms with Crippen LogP contribution in [0.2, 0.25) is 0 Å². The third-order valence-corrected chi connectivity index (χ3v) is 5.10. The number of carboxylic acid groups (broad SMARTS) is 2. The van der Waals surface area contributed by atoms with Gasteiger partial charge in [0.05, 0.1) is 12.5 Å². The third kappa shape index (κ3) is 5.14. The smallest absolute Gasteiger partial charge is 0.310 e. The maximum atomic E-state index is 11.0. The Morgan fingerprint density at radius 3 is 2.53 bits per heavy atom. The van der Waals surface area contributed by atoms with Crippen molar-refractivity contribution in [2.45, 2.75) is 25.7 Å². The van der Waals surface area contributed by atoms with Gasteiger partial charge in [0, 0.05) is 12.8 Å². The lowest BCUT2D eigenvalue weighted by Crippen LogP contribution is -2.22. The van der Waals surface area contributed by atoms with E-state index in [9.17, 15) is 19.4 Å². The van der Waals surface area contributed by atoms with Crippen LogP contribution < -0.4 is 0 Å². The zero-order chi connectivity index (χ0) is 14.5. The Morgan fingerprint density at radius 1 is 1.37 bits per heavy atom. The van der Waals surface area contributed by atoms with Crippen molar-refractivity contribution in [3.05, 3.63) is 11.6 Å². The van der Waals surface area contributed by atoms with E-state index >= 15 is 0 Å². The summed E-state index contributed by atoms with van der Waals surface area (Å²) in [5.41, 5.74) is 0. The molecule has 1 aliphatic heterocycles. The Balaban J connectivity index is 2.68. The van der Waals surface area contributed by atoms with Gasteiger partial charge in [0.25, 0.3) is 7.72 Å². The zero-order valence-corrected chi connectivity index (χ0v) is 11.3. The van der Waals surface area contributed by atoms with Gasteiger partial charge in [-0.3, -0.25) is 9.59 Å². The summed E-state index contributed by atoms with van der Waals surface area (Å²) in [6.45, 7) is 0.505. The number of aliphatic carboxylic acids is 2. The number of hydrogen-bond donors (Lipinski definition) is 4. The topological polar surface area (TPSA) is 124 Å². The van der Waals surface area contributed by atoms with Crippen molar-refractivity contribution in [1.82, 2.24) is 0 Å². The summed E-state index contributed by atoms with van der Waals surface area (Å²) < 4.78 is 5.01. The Kier molecular flexibility index (Phi) is 5.72. The van der Waals surface area contributed by atoms with Gasteiger partial charge in [-0.2, -0.15) is 0 Å². The molecule has 0 spiro atoms. The number of rotatable bonds is 7. The van der Waals surface area contributed by atoms with Crippen LogP contribution in [0.1, 0.15) is 25.7 Å². The third-order valence-electron chi connectivity index (χ3n) is 2.91. The fourth-order valence-electron chi connectivity index (χ4n) is 1.83. The summed E-state index contributed by atoms with van der Waals surface area (Å²) in [6, 6.07) is 0. The van der Waals surface area contributed by atoms with Crippen molar-refractivity contribution >= 4 is 19.7 Å². The van der Waals surface area contributed by atoms with Gasteiger partial charge in [-0.05, 0) is 12.8 Å². The van der Waals surface area contributed by atoms with Gasteiger partial charge in [0.1, 0.15) is 12.4 Å². The van der Waals surface area contributed by atoms with Crippen molar-refractivity contribution in [1.29, 1.82) is 0 Å². The molecule has 0 radical (unpaired) electrons. The van der Waals surface area contributed by atoms with Crippen LogP contribution in [-0.2, 0) is 14.3 Å². The number of carbonyl (C=O) groups is 2. The summed E-state index contributed by atoms with van der Waals surface area (Å²) in [5.74, 6) is -3.40. The number of hydrogen-bond acceptors (Lipinski definition) is 5. The summed E-state index contributed by atoms with van der Waals surface area (Å²) in [5, 5.41) is 17.9. The molecule has 0 aromatic carbocycles. The van der Waals surface area contributed by atoms with Crippen LogP contribution in [0.4, 0.5) is 0 Å². The highest BCUT2D eigenvalue weighted by Crippen LogP contribution is 2.61. The number of ether oxygens (including phenoxy) is 1. The van der Waals surface area contributed by atoms with Gasteiger partial charge in [-0.1, -0.05) is 0 Å². The Morgan fingerprint density at radius 2 is 2.05 bits per heavy atom. The van der Waals surface area contributed by atoms with Crippen LogP contribution in [0, 0.1) is 5.92 Å². The summed E-state index contributed by atoms with van der Waals surface area (Å²) in [4.78, 5) is 41.5. The van der Waals surface area contributed by atoms with Gasteiger partial charge in [-0.25, -0.2) is 9.79 Å². The van der Waals surface area contributed by atoms with E-state index in [1.807, 2.05) is 0 Å². The van der Waals surface area contributed by atoms with Crippen molar-refractivity contribution < 1.29 is 34.3 Å². The molecule has 7 nitrogen and oxygen atoms in total. The highest BCUT2D eigenvalue weighted by atomic mass is 31.2. The fourth-order valence-corrected chi connectivity index (χ4v) is 3.78. The highest BCUT2D eigenvalue weighted by Gasteiger charge is 2.44. The fraction of sp³-hybridized carbons (Fsp3) is 0.636. The van der Waals surface area contributed by atoms with Crippen LogP contribution in [0.5, 0.6) is 0 Å². The standard InChI is InChI=1S/C11H17O7P/c12-10(13)4-3-8(11(14)15)7-19(16,17)9-2-1-5-18-6-9/h6,8,16-17H,1-5,7H2,(H-,12,13,14,15)/p+1. The minimum absolute atomic E-state index is 0.123. The van der Waals surface area contributed by atoms with Crippen LogP contribution >= 0.6 is 7.72 Å². The maximum absolute atomic E-state index is 11.0. The minimum atomic E-state index is -3.53. The molecule has 0 bridgehead atoms. The number of carboxylic acids is 2. The second-order valence-corrected chi connectivity index (χ2v) is 6.86. The predicted molar refractivity (Wildman–Crippen MR) is 67.5 cm³/mol. The van der Waals surface area contributed by atoms with Crippen LogP contribution in [0.25, 0.3) is 0 Å². The molecule has 1 aliphatic rings. The molecule has 0 aliphatic carbocycles. The minimum Gasteiger partial charge on any atom is -0.497 e. The van der Waals surface area contributed by atoms with E-state index in [1.54, 1.807) is 0 Å². The van der Waals surface area contributed by atoms with Crippen molar-refractivity contribution in [3.8, 4) is 0 Å². The Hall–Kier alpha value is -1.17. The molecule has 0 amide bonds. The first-order valence-corrected chi connectivity index (χ1v) is 7.80. The second-order valence-electron chi connectivity index (χ2n) is 4.46. The van der Waals surface area contributed by atoms with E-state index < -0.39 is 25.6 Å². The molecule has 1 unspecified atom stereocenters. The molecule has 0 fully saturated rings. The van der Waals surface area contributed by atoms with Crippen LogP contribution in [0.15, 0.2) is 11.6 Å². The molecule has 1 heterocycles. The van der Waals surface area contributed by atoms with E-state index in [0.717, 1.165) is 0 Å². The zero-order valence-electron chi connectivity index (χ0n) is 10.4. The SMILES string of the molecule is O=C(O)CCC(C[P+](O)(O)C1=COCCC1)C(=O)O. The molecular weight excluding hydrogens is 275 g/mol. The van der Waals surface area contributed by atoms with Crippen molar-refractivity contribution in [2.75, 3.05) is 12.8 Å². The molecule has 0 aromatic heterocycles. The molecule has 1 atom stereocenters. The quantitative estimate of drug-likeness (QED) is 0.517. The van der Waals surface area contributed by atoms with Gasteiger partial charge >= 0.3 is 11.9 Å². The molecule has 0 saturated carbocycles. The van der Waals surface area contributed by atoms with Crippen molar-refractivity contribution in [3.63, 3.8) is 0 Å². The van der Waals surface area contributed by atoms with Gasteiger partial charge < -0.3 is 14.9 Å². The van der Waals surface area contributed by atoms with E-state index in [0.29, 0.717) is 24.8 Å². The number of allylic oxidation sites excluding steroid dienone is 1. The van der Waals surface area contributed by atoms with Crippen molar-refractivity contribution in [2.24, 2.45) is 5.92 Å². The maximum Gasteiger partial charge on any atom is 0.310 e. The highest BCUT2D eigenvalue weighted by molar-refractivity contribution is 7.68. The van der Waals surface area contributed by atoms with E-state index in [4.69, 9.17) is 14.9 Å². The molecule has 0 aromatic rings. The largest absolute Gasteiger partial charge is 0.497 e. The molecule has 4 N–H and O–H groups in total. The lowest BCUT2D eigenvalue weighted by atomic mass is 10.1. The lowest BCUT2D eigenvalue weighted by Gasteiger charge is -2.21. The second kappa shape index (κ2) is 6.84. The summed E-state index contributed by atoms with van der Waals surface area (Å²) >= 11 is 0. The van der Waals surface area contributed by atoms with Gasteiger partial charge in [0.2, 0.25) is 0 Å². The molecular formula is C11H18O7P+. The molecule has 8 heteroatoms. The average molecular weight is 293 g/mol. The Labute approximate surface area is 111 Å². The molecule has 1 rings (SSSR count). The molecule has 108 valence electrons. The first-order chi connectivity index (χ1) is 8.83. The monoisotopic (exact) mass is 293 g/mol. The van der Waals surface area contributed by atoms with E-state index in [-0.39, 0.29) is 19.0 Å². The first kappa shape index (κ1) is 15.9. The average Bonchev–Trinajstić information content (AvgIpc) is 2.35. The van der Waals surface area contributed by atoms with Gasteiger partial charge in [0.15, 0.2) is 5.31 Å². The Bertz CT molecular complexity index is 377. The summed E-state index contributed by atoms with van der Waals surface area (Å²) in [6.07, 6.45) is 1.62. The summed E-state index contributed by atoms with van der Waals surface area (Å²) in [7, 11) is -3.53. The normalized spacial score (nSPS) is 17.3.